The zero-order valence-electron chi connectivity index (χ0n) is 12.0. The van der Waals surface area contributed by atoms with Gasteiger partial charge in [0.15, 0.2) is 5.17 Å². The van der Waals surface area contributed by atoms with Gasteiger partial charge in [-0.05, 0) is 51.5 Å². The maximum atomic E-state index is 12.1. The lowest BCUT2D eigenvalue weighted by molar-refractivity contribution is -0.113. The largest absolute Gasteiger partial charge is 0.496 e. The smallest absolute Gasteiger partial charge is 0.286 e. The highest BCUT2D eigenvalue weighted by atomic mass is 79.9. The van der Waals surface area contributed by atoms with E-state index in [-0.39, 0.29) is 5.91 Å². The molecule has 3 rings (SSSR count). The Bertz CT molecular complexity index is 654. The van der Waals surface area contributed by atoms with Gasteiger partial charge in [0.05, 0.1) is 29.7 Å². The maximum absolute atomic E-state index is 12.1. The van der Waals surface area contributed by atoms with E-state index in [1.165, 1.54) is 11.8 Å². The molecule has 0 aliphatic carbocycles. The molecule has 1 aromatic carbocycles. The summed E-state index contributed by atoms with van der Waals surface area (Å²) in [5.41, 5.74) is 0.932. The van der Waals surface area contributed by atoms with Crippen LogP contribution < -0.4 is 4.74 Å². The number of thioether (sulfide) groups is 1. The van der Waals surface area contributed by atoms with Crippen molar-refractivity contribution in [3.63, 3.8) is 0 Å². The third-order valence-corrected chi connectivity index (χ3v) is 5.03. The summed E-state index contributed by atoms with van der Waals surface area (Å²) in [6, 6.07) is 5.70. The molecule has 1 saturated heterocycles. The summed E-state index contributed by atoms with van der Waals surface area (Å²) in [6.45, 7) is 2.91. The van der Waals surface area contributed by atoms with Gasteiger partial charge < -0.3 is 14.4 Å². The van der Waals surface area contributed by atoms with Crippen LogP contribution in [0.3, 0.4) is 0 Å². The molecule has 2 aliphatic heterocycles. The fourth-order valence-corrected chi connectivity index (χ4v) is 3.73. The summed E-state index contributed by atoms with van der Waals surface area (Å²) < 4.78 is 11.4. The Morgan fingerprint density at radius 2 is 2.18 bits per heavy atom. The minimum Gasteiger partial charge on any atom is -0.496 e. The molecule has 2 aliphatic rings. The Hall–Kier alpha value is -1.31. The molecule has 0 N–H and O–H groups in total. The topological polar surface area (TPSA) is 51.1 Å². The molecule has 0 saturated carbocycles. The second-order valence-corrected chi connectivity index (χ2v) is 6.67. The predicted molar refractivity (Wildman–Crippen MR) is 91.1 cm³/mol. The number of rotatable bonds is 2. The van der Waals surface area contributed by atoms with E-state index >= 15 is 0 Å². The summed E-state index contributed by atoms with van der Waals surface area (Å²) in [4.78, 5) is 19.0. The van der Waals surface area contributed by atoms with Gasteiger partial charge in [0, 0.05) is 13.1 Å². The van der Waals surface area contributed by atoms with Gasteiger partial charge in [-0.25, -0.2) is 0 Å². The summed E-state index contributed by atoms with van der Waals surface area (Å²) >= 11 is 4.87. The third kappa shape index (κ3) is 3.37. The van der Waals surface area contributed by atoms with Crippen molar-refractivity contribution < 1.29 is 14.3 Å². The van der Waals surface area contributed by atoms with Crippen molar-refractivity contribution in [2.24, 2.45) is 4.99 Å². The SMILES string of the molecule is COc1ccc(/C=C2\SC(N3CCOCC3)=NC2=O)cc1Br. The number of aliphatic imine (C=N–C) groups is 1. The van der Waals surface area contributed by atoms with Crippen molar-refractivity contribution in [1.82, 2.24) is 4.90 Å². The second-order valence-electron chi connectivity index (χ2n) is 4.80. The Morgan fingerprint density at radius 1 is 1.41 bits per heavy atom. The average molecular weight is 383 g/mol. The Morgan fingerprint density at radius 3 is 2.86 bits per heavy atom. The molecular weight excluding hydrogens is 368 g/mol. The molecule has 0 atom stereocenters. The highest BCUT2D eigenvalue weighted by Crippen LogP contribution is 2.32. The van der Waals surface area contributed by atoms with Crippen molar-refractivity contribution in [2.75, 3.05) is 33.4 Å². The molecule has 1 amide bonds. The number of amidine groups is 1. The molecule has 116 valence electrons. The number of hydrogen-bond donors (Lipinski definition) is 0. The maximum Gasteiger partial charge on any atom is 0.286 e. The first-order chi connectivity index (χ1) is 10.7. The van der Waals surface area contributed by atoms with E-state index < -0.39 is 0 Å². The Kier molecular flexibility index (Phi) is 4.85. The van der Waals surface area contributed by atoms with Gasteiger partial charge in [0.2, 0.25) is 0 Å². The summed E-state index contributed by atoms with van der Waals surface area (Å²) in [5, 5.41) is 0.770. The number of hydrogen-bond acceptors (Lipinski definition) is 5. The van der Waals surface area contributed by atoms with Crippen LogP contribution in [0, 0.1) is 0 Å². The molecule has 2 heterocycles. The van der Waals surface area contributed by atoms with E-state index in [1.807, 2.05) is 24.3 Å². The number of benzene rings is 1. The number of halogens is 1. The molecule has 1 fully saturated rings. The van der Waals surface area contributed by atoms with Crippen LogP contribution in [0.1, 0.15) is 5.56 Å². The molecule has 7 heteroatoms. The fourth-order valence-electron chi connectivity index (χ4n) is 2.21. The third-order valence-electron chi connectivity index (χ3n) is 3.36. The van der Waals surface area contributed by atoms with E-state index in [2.05, 4.69) is 25.8 Å². The van der Waals surface area contributed by atoms with Crippen LogP contribution in [0.2, 0.25) is 0 Å². The molecule has 0 radical (unpaired) electrons. The fraction of sp³-hybridized carbons (Fsp3) is 0.333. The van der Waals surface area contributed by atoms with E-state index in [4.69, 9.17) is 9.47 Å². The van der Waals surface area contributed by atoms with Crippen LogP contribution in [0.5, 0.6) is 5.75 Å². The number of methoxy groups -OCH3 is 1. The minimum atomic E-state index is -0.182. The van der Waals surface area contributed by atoms with Gasteiger partial charge in [-0.3, -0.25) is 4.79 Å². The van der Waals surface area contributed by atoms with Crippen LogP contribution in [-0.2, 0) is 9.53 Å². The van der Waals surface area contributed by atoms with Crippen LogP contribution in [0.4, 0.5) is 0 Å². The molecule has 0 spiro atoms. The quantitative estimate of drug-likeness (QED) is 0.736. The van der Waals surface area contributed by atoms with Crippen LogP contribution in [0.15, 0.2) is 32.6 Å². The monoisotopic (exact) mass is 382 g/mol. The highest BCUT2D eigenvalue weighted by Gasteiger charge is 2.27. The van der Waals surface area contributed by atoms with Gasteiger partial charge in [-0.1, -0.05) is 6.07 Å². The standard InChI is InChI=1S/C15H15BrN2O3S/c1-20-12-3-2-10(8-11(12)16)9-13-14(19)17-15(22-13)18-4-6-21-7-5-18/h2-3,8-9H,4-7H2,1H3/b13-9-. The van der Waals surface area contributed by atoms with Gasteiger partial charge in [-0.15, -0.1) is 0 Å². The summed E-state index contributed by atoms with van der Waals surface area (Å²) in [7, 11) is 1.62. The molecule has 1 aromatic rings. The number of morpholine rings is 1. The molecule has 0 unspecified atom stereocenters. The molecular formula is C15H15BrN2O3S. The van der Waals surface area contributed by atoms with Crippen LogP contribution in [-0.4, -0.2) is 49.4 Å². The average Bonchev–Trinajstić information content (AvgIpc) is 2.89. The lowest BCUT2D eigenvalue weighted by Gasteiger charge is -2.27. The summed E-state index contributed by atoms with van der Waals surface area (Å²) in [6.07, 6.45) is 1.86. The van der Waals surface area contributed by atoms with Crippen LogP contribution in [0.25, 0.3) is 6.08 Å². The van der Waals surface area contributed by atoms with Gasteiger partial charge in [-0.2, -0.15) is 4.99 Å². The Labute approximate surface area is 141 Å². The first-order valence-corrected chi connectivity index (χ1v) is 8.47. The molecule has 5 nitrogen and oxygen atoms in total. The van der Waals surface area contributed by atoms with Gasteiger partial charge in [0.1, 0.15) is 5.75 Å². The van der Waals surface area contributed by atoms with E-state index in [1.54, 1.807) is 7.11 Å². The zero-order valence-corrected chi connectivity index (χ0v) is 14.4. The second kappa shape index (κ2) is 6.85. The molecule has 22 heavy (non-hydrogen) atoms. The number of amides is 1. The molecule has 0 aromatic heterocycles. The normalized spacial score (nSPS) is 20.5. The van der Waals surface area contributed by atoms with E-state index in [9.17, 15) is 4.79 Å². The number of carbonyl (C=O) groups excluding carboxylic acids is 1. The number of nitrogens with zero attached hydrogens (tertiary/aromatic N) is 2. The predicted octanol–water partition coefficient (Wildman–Crippen LogP) is 2.76. The van der Waals surface area contributed by atoms with Crippen molar-refractivity contribution in [3.05, 3.63) is 33.1 Å². The lowest BCUT2D eigenvalue weighted by atomic mass is 10.2. The first-order valence-electron chi connectivity index (χ1n) is 6.86. The summed E-state index contributed by atoms with van der Waals surface area (Å²) in [5.74, 6) is 0.580. The van der Waals surface area contributed by atoms with E-state index in [0.717, 1.165) is 34.0 Å². The van der Waals surface area contributed by atoms with Crippen molar-refractivity contribution >= 4 is 44.8 Å². The number of ether oxygens (including phenoxy) is 2. The zero-order chi connectivity index (χ0) is 15.5. The van der Waals surface area contributed by atoms with E-state index in [0.29, 0.717) is 18.1 Å². The van der Waals surface area contributed by atoms with Gasteiger partial charge in [0.25, 0.3) is 5.91 Å². The Balaban J connectivity index is 1.76. The van der Waals surface area contributed by atoms with Gasteiger partial charge >= 0.3 is 0 Å². The minimum absolute atomic E-state index is 0.182. The van der Waals surface area contributed by atoms with Crippen LogP contribution >= 0.6 is 27.7 Å². The highest BCUT2D eigenvalue weighted by molar-refractivity contribution is 9.10. The lowest BCUT2D eigenvalue weighted by Crippen LogP contribution is -2.38. The van der Waals surface area contributed by atoms with Crippen molar-refractivity contribution in [1.29, 1.82) is 0 Å². The molecule has 0 bridgehead atoms. The number of carbonyl (C=O) groups is 1. The van der Waals surface area contributed by atoms with Crippen molar-refractivity contribution in [2.45, 2.75) is 0 Å². The van der Waals surface area contributed by atoms with Crippen molar-refractivity contribution in [3.8, 4) is 5.75 Å². The first kappa shape index (κ1) is 15.6.